The maximum Gasteiger partial charge on any atom is 0.235 e. The predicted molar refractivity (Wildman–Crippen MR) is 230 cm³/mol. The summed E-state index contributed by atoms with van der Waals surface area (Å²) in [5.41, 5.74) is 11.8. The highest BCUT2D eigenvalue weighted by atomic mass is 32.1. The Balaban J connectivity index is 1.14. The molecule has 5 heteroatoms. The summed E-state index contributed by atoms with van der Waals surface area (Å²) in [6.45, 7) is 0. The van der Waals surface area contributed by atoms with Gasteiger partial charge in [0.2, 0.25) is 5.95 Å². The summed E-state index contributed by atoms with van der Waals surface area (Å²) in [7, 11) is 0. The van der Waals surface area contributed by atoms with Crippen molar-refractivity contribution in [1.29, 1.82) is 0 Å². The zero-order valence-electron chi connectivity index (χ0n) is 29.9. The summed E-state index contributed by atoms with van der Waals surface area (Å²) in [5.74, 6) is 2.38. The first-order valence-corrected chi connectivity index (χ1v) is 19.8. The van der Waals surface area contributed by atoms with E-state index in [0.717, 1.165) is 71.3 Å². The molecule has 0 fully saturated rings. The minimum atomic E-state index is -0.553. The third kappa shape index (κ3) is 3.82. The molecule has 1 spiro atoms. The Morgan fingerprint density at radius 3 is 2.04 bits per heavy atom. The Morgan fingerprint density at radius 2 is 1.20 bits per heavy atom. The van der Waals surface area contributed by atoms with Crippen molar-refractivity contribution in [1.82, 2.24) is 14.5 Å². The molecule has 1 aliphatic heterocycles. The number of para-hydroxylation sites is 2. The van der Waals surface area contributed by atoms with Crippen LogP contribution >= 0.6 is 11.3 Å². The first-order valence-electron chi connectivity index (χ1n) is 19.0. The molecule has 8 aromatic carbocycles. The molecule has 260 valence electrons. The van der Waals surface area contributed by atoms with Gasteiger partial charge >= 0.3 is 0 Å². The van der Waals surface area contributed by atoms with Crippen molar-refractivity contribution in [3.8, 4) is 39.8 Å². The van der Waals surface area contributed by atoms with E-state index in [4.69, 9.17) is 14.7 Å². The normalized spacial score (nSPS) is 13.6. The highest BCUT2D eigenvalue weighted by Gasteiger charge is 2.51. The van der Waals surface area contributed by atoms with E-state index in [1.807, 2.05) is 0 Å². The van der Waals surface area contributed by atoms with Gasteiger partial charge in [0.15, 0.2) is 0 Å². The molecule has 3 aromatic heterocycles. The third-order valence-corrected chi connectivity index (χ3v) is 13.2. The number of ether oxygens (including phenoxy) is 1. The van der Waals surface area contributed by atoms with E-state index in [9.17, 15) is 0 Å². The molecule has 0 radical (unpaired) electrons. The monoisotopic (exact) mass is 731 g/mol. The molecule has 0 atom stereocenters. The average Bonchev–Trinajstić information content (AvgIpc) is 3.90. The number of hydrogen-bond acceptors (Lipinski definition) is 4. The van der Waals surface area contributed by atoms with Gasteiger partial charge in [0.05, 0.1) is 37.7 Å². The van der Waals surface area contributed by atoms with Crippen molar-refractivity contribution in [3.05, 3.63) is 198 Å². The van der Waals surface area contributed by atoms with Gasteiger partial charge in [-0.1, -0.05) is 146 Å². The predicted octanol–water partition coefficient (Wildman–Crippen LogP) is 13.2. The molecule has 0 N–H and O–H groups in total. The number of benzene rings is 8. The van der Waals surface area contributed by atoms with Gasteiger partial charge in [-0.15, -0.1) is 11.3 Å². The minimum absolute atomic E-state index is 0.553. The van der Waals surface area contributed by atoms with E-state index < -0.39 is 5.41 Å². The van der Waals surface area contributed by atoms with Gasteiger partial charge in [-0.2, -0.15) is 0 Å². The number of hydrogen-bond donors (Lipinski definition) is 0. The van der Waals surface area contributed by atoms with Crippen LogP contribution in [-0.4, -0.2) is 14.5 Å². The number of nitrogens with zero attached hydrogens (tertiary/aromatic N) is 3. The first kappa shape index (κ1) is 30.3. The molecule has 56 heavy (non-hydrogen) atoms. The maximum atomic E-state index is 7.16. The van der Waals surface area contributed by atoms with E-state index in [-0.39, 0.29) is 0 Å². The van der Waals surface area contributed by atoms with Crippen LogP contribution in [0.4, 0.5) is 0 Å². The van der Waals surface area contributed by atoms with E-state index in [1.54, 1.807) is 11.3 Å². The molecule has 11 aromatic rings. The molecule has 0 unspecified atom stereocenters. The lowest BCUT2D eigenvalue weighted by Crippen LogP contribution is -2.32. The molecule has 1 aliphatic carbocycles. The summed E-state index contributed by atoms with van der Waals surface area (Å²) in [6.07, 6.45) is 0. The molecule has 13 rings (SSSR count). The molecule has 2 aliphatic rings. The van der Waals surface area contributed by atoms with Crippen molar-refractivity contribution in [3.63, 3.8) is 0 Å². The van der Waals surface area contributed by atoms with Crippen LogP contribution in [0.15, 0.2) is 176 Å². The second-order valence-corrected chi connectivity index (χ2v) is 15.9. The number of thiophene rings is 1. The maximum absolute atomic E-state index is 7.16. The molecule has 0 saturated carbocycles. The zero-order valence-corrected chi connectivity index (χ0v) is 30.7. The van der Waals surface area contributed by atoms with Gasteiger partial charge in [0.1, 0.15) is 11.5 Å². The minimum Gasteiger partial charge on any atom is -0.456 e. The quantitative estimate of drug-likeness (QED) is 0.178. The average molecular weight is 732 g/mol. The highest BCUT2D eigenvalue weighted by Crippen LogP contribution is 2.63. The molecule has 0 saturated heterocycles. The fourth-order valence-electron chi connectivity index (χ4n) is 9.79. The Labute approximate surface area is 325 Å². The van der Waals surface area contributed by atoms with Crippen LogP contribution < -0.4 is 4.74 Å². The number of aromatic nitrogens is 3. The molecule has 4 heterocycles. The van der Waals surface area contributed by atoms with E-state index in [0.29, 0.717) is 5.95 Å². The van der Waals surface area contributed by atoms with Gasteiger partial charge in [0.25, 0.3) is 0 Å². The Hall–Kier alpha value is -7.08. The van der Waals surface area contributed by atoms with Gasteiger partial charge in [-0.3, -0.25) is 4.57 Å². The lowest BCUT2D eigenvalue weighted by molar-refractivity contribution is 0.442. The van der Waals surface area contributed by atoms with E-state index in [1.165, 1.54) is 37.7 Å². The molecule has 0 bridgehead atoms. The summed E-state index contributed by atoms with van der Waals surface area (Å²) >= 11 is 1.76. The second kappa shape index (κ2) is 11.0. The SMILES string of the molecule is c1ccc2c(c1)Oc1c(ccc3c1c1ccccc1n3-c1nc(-c3ccc4ccccc4c3)c3sc4ccccc4c3n1)C21c2ccccc2-c2ccccc21. The van der Waals surface area contributed by atoms with E-state index in [2.05, 4.69) is 180 Å². The van der Waals surface area contributed by atoms with Crippen LogP contribution in [0.1, 0.15) is 22.3 Å². The van der Waals surface area contributed by atoms with Crippen molar-refractivity contribution in [2.45, 2.75) is 5.41 Å². The lowest BCUT2D eigenvalue weighted by Gasteiger charge is -2.39. The standard InChI is InChI=1S/C51H29N3OS/c1-2-14-31-29-32(26-25-30(31)13-1)46-49-47(36-18-6-12-24-44(36)56-49)53-50(52-46)54-41-22-10-5-17-35(41)45-42(54)28-27-40-48(45)55-43-23-11-9-21-39(43)51(40)37-19-7-3-15-33(37)34-16-4-8-20-38(34)51/h1-29H. The van der Waals surface area contributed by atoms with Crippen LogP contribution in [-0.2, 0) is 5.41 Å². The van der Waals surface area contributed by atoms with Crippen molar-refractivity contribution < 1.29 is 4.74 Å². The molecule has 0 amide bonds. The van der Waals surface area contributed by atoms with Crippen molar-refractivity contribution in [2.24, 2.45) is 0 Å². The smallest absolute Gasteiger partial charge is 0.235 e. The third-order valence-electron chi connectivity index (χ3n) is 12.1. The highest BCUT2D eigenvalue weighted by molar-refractivity contribution is 7.26. The number of rotatable bonds is 2. The van der Waals surface area contributed by atoms with Crippen LogP contribution in [0.3, 0.4) is 0 Å². The number of fused-ring (bicyclic) bond motifs is 17. The molecule has 4 nitrogen and oxygen atoms in total. The summed E-state index contributed by atoms with van der Waals surface area (Å²) in [4.78, 5) is 11.0. The van der Waals surface area contributed by atoms with Crippen LogP contribution in [0.2, 0.25) is 0 Å². The van der Waals surface area contributed by atoms with Crippen LogP contribution in [0.25, 0.3) is 81.2 Å². The summed E-state index contributed by atoms with van der Waals surface area (Å²) < 4.78 is 11.7. The van der Waals surface area contributed by atoms with Crippen molar-refractivity contribution >= 4 is 64.2 Å². The van der Waals surface area contributed by atoms with Crippen LogP contribution in [0, 0.1) is 0 Å². The Kier molecular flexibility index (Phi) is 5.95. The van der Waals surface area contributed by atoms with Crippen molar-refractivity contribution in [2.75, 3.05) is 0 Å². The fourth-order valence-corrected chi connectivity index (χ4v) is 10.9. The largest absolute Gasteiger partial charge is 0.456 e. The van der Waals surface area contributed by atoms with Gasteiger partial charge in [-0.25, -0.2) is 9.97 Å². The molecular formula is C51H29N3OS. The second-order valence-electron chi connectivity index (χ2n) is 14.8. The first-order chi connectivity index (χ1) is 27.8. The summed E-state index contributed by atoms with van der Waals surface area (Å²) in [5, 5.41) is 5.68. The lowest BCUT2D eigenvalue weighted by atomic mass is 9.66. The van der Waals surface area contributed by atoms with Gasteiger partial charge in [-0.05, 0) is 63.4 Å². The topological polar surface area (TPSA) is 39.9 Å². The Morgan fingerprint density at radius 1 is 0.518 bits per heavy atom. The fraction of sp³-hybridized carbons (Fsp3) is 0.0196. The molecular weight excluding hydrogens is 703 g/mol. The van der Waals surface area contributed by atoms with Gasteiger partial charge in [0, 0.05) is 32.2 Å². The van der Waals surface area contributed by atoms with Crippen LogP contribution in [0.5, 0.6) is 11.5 Å². The summed E-state index contributed by atoms with van der Waals surface area (Å²) in [6, 6.07) is 63.3. The Bertz CT molecular complexity index is 3440. The van der Waals surface area contributed by atoms with Gasteiger partial charge < -0.3 is 4.74 Å². The zero-order chi connectivity index (χ0) is 36.5. The van der Waals surface area contributed by atoms with E-state index >= 15 is 0 Å².